The first kappa shape index (κ1) is 17.8. The Labute approximate surface area is 158 Å². The Morgan fingerprint density at radius 1 is 1.04 bits per heavy atom. The number of nitrogens with one attached hydrogen (secondary N) is 1. The number of benzene rings is 2. The molecule has 142 valence electrons. The zero-order valence-corrected chi connectivity index (χ0v) is 14.7. The van der Waals surface area contributed by atoms with Crippen LogP contribution in [0.15, 0.2) is 67.1 Å². The van der Waals surface area contributed by atoms with Gasteiger partial charge >= 0.3 is 6.18 Å². The van der Waals surface area contributed by atoms with Crippen LogP contribution in [-0.4, -0.2) is 21.9 Å². The smallest absolute Gasteiger partial charge is 0.418 e. The SMILES string of the molecule is COc1cc(Nc2ccnc3c(C(F)(F)F)cccc23)cc(-n2cccn2)c1. The zero-order chi connectivity index (χ0) is 19.7. The largest absolute Gasteiger partial charge is 0.497 e. The van der Waals surface area contributed by atoms with Gasteiger partial charge in [-0.05, 0) is 24.3 Å². The summed E-state index contributed by atoms with van der Waals surface area (Å²) in [6.45, 7) is 0. The molecule has 0 radical (unpaired) electrons. The van der Waals surface area contributed by atoms with Crippen LogP contribution in [0.3, 0.4) is 0 Å². The van der Waals surface area contributed by atoms with Crippen molar-refractivity contribution in [2.45, 2.75) is 6.18 Å². The molecule has 0 aliphatic rings. The van der Waals surface area contributed by atoms with E-state index in [1.807, 2.05) is 12.1 Å². The van der Waals surface area contributed by atoms with Gasteiger partial charge in [0, 0.05) is 47.5 Å². The summed E-state index contributed by atoms with van der Waals surface area (Å²) in [5, 5.41) is 7.75. The van der Waals surface area contributed by atoms with Crippen molar-refractivity contribution in [2.24, 2.45) is 0 Å². The van der Waals surface area contributed by atoms with E-state index in [1.54, 1.807) is 48.5 Å². The topological polar surface area (TPSA) is 52.0 Å². The minimum Gasteiger partial charge on any atom is -0.497 e. The first-order valence-corrected chi connectivity index (χ1v) is 8.37. The summed E-state index contributed by atoms with van der Waals surface area (Å²) in [7, 11) is 1.55. The molecule has 0 fully saturated rings. The molecule has 0 amide bonds. The number of halogens is 3. The van der Waals surface area contributed by atoms with Crippen LogP contribution in [-0.2, 0) is 6.18 Å². The van der Waals surface area contributed by atoms with E-state index in [9.17, 15) is 13.2 Å². The first-order chi connectivity index (χ1) is 13.5. The molecule has 0 aliphatic carbocycles. The van der Waals surface area contributed by atoms with Crippen LogP contribution in [0, 0.1) is 0 Å². The van der Waals surface area contributed by atoms with Gasteiger partial charge in [0.1, 0.15) is 5.75 Å². The molecule has 0 saturated carbocycles. The summed E-state index contributed by atoms with van der Waals surface area (Å²) in [5.41, 5.74) is 1.04. The lowest BCUT2D eigenvalue weighted by Gasteiger charge is -2.15. The fourth-order valence-electron chi connectivity index (χ4n) is 3.00. The van der Waals surface area contributed by atoms with Crippen LogP contribution in [0.1, 0.15) is 5.56 Å². The minimum absolute atomic E-state index is 0.102. The molecular formula is C20H15F3N4O. The number of para-hydroxylation sites is 1. The number of hydrogen-bond donors (Lipinski definition) is 1. The number of fused-ring (bicyclic) bond motifs is 1. The predicted octanol–water partition coefficient (Wildman–Crippen LogP) is 5.19. The third kappa shape index (κ3) is 3.36. The standard InChI is InChI=1S/C20H15F3N4O/c1-28-15-11-13(10-14(12-15)27-9-3-7-25-27)26-18-6-8-24-19-16(18)4-2-5-17(19)20(21,22)23/h2-12H,1H3,(H,24,26). The van der Waals surface area contributed by atoms with Crippen LogP contribution < -0.4 is 10.1 Å². The van der Waals surface area contributed by atoms with E-state index in [0.29, 0.717) is 22.5 Å². The van der Waals surface area contributed by atoms with Gasteiger partial charge in [-0.3, -0.25) is 4.98 Å². The maximum absolute atomic E-state index is 13.3. The molecule has 0 unspecified atom stereocenters. The Hall–Kier alpha value is -3.55. The molecule has 8 heteroatoms. The van der Waals surface area contributed by atoms with Crippen LogP contribution in [0.2, 0.25) is 0 Å². The van der Waals surface area contributed by atoms with Gasteiger partial charge in [0.25, 0.3) is 0 Å². The Morgan fingerprint density at radius 2 is 1.89 bits per heavy atom. The highest BCUT2D eigenvalue weighted by Gasteiger charge is 2.33. The lowest BCUT2D eigenvalue weighted by molar-refractivity contribution is -0.136. The van der Waals surface area contributed by atoms with Gasteiger partial charge in [0.05, 0.1) is 23.9 Å². The van der Waals surface area contributed by atoms with Crippen LogP contribution >= 0.6 is 0 Å². The van der Waals surface area contributed by atoms with Crippen molar-refractivity contribution in [3.8, 4) is 11.4 Å². The molecular weight excluding hydrogens is 369 g/mol. The Kier molecular flexibility index (Phi) is 4.38. The van der Waals surface area contributed by atoms with E-state index in [1.165, 1.54) is 12.3 Å². The summed E-state index contributed by atoms with van der Waals surface area (Å²) in [6, 6.07) is 12.8. The lowest BCUT2D eigenvalue weighted by Crippen LogP contribution is -2.07. The van der Waals surface area contributed by atoms with Gasteiger partial charge in [0.2, 0.25) is 0 Å². The fourth-order valence-corrected chi connectivity index (χ4v) is 3.00. The first-order valence-electron chi connectivity index (χ1n) is 8.37. The van der Waals surface area contributed by atoms with Gasteiger partial charge in [-0.1, -0.05) is 12.1 Å². The van der Waals surface area contributed by atoms with E-state index in [2.05, 4.69) is 15.4 Å². The van der Waals surface area contributed by atoms with E-state index < -0.39 is 11.7 Å². The fraction of sp³-hybridized carbons (Fsp3) is 0.100. The molecule has 0 aliphatic heterocycles. The summed E-state index contributed by atoms with van der Waals surface area (Å²) in [5.74, 6) is 0.588. The zero-order valence-electron chi connectivity index (χ0n) is 14.7. The molecule has 2 aromatic carbocycles. The van der Waals surface area contributed by atoms with Crippen LogP contribution in [0.4, 0.5) is 24.5 Å². The molecule has 28 heavy (non-hydrogen) atoms. The number of rotatable bonds is 4. The highest BCUT2D eigenvalue weighted by molar-refractivity contribution is 5.95. The highest BCUT2D eigenvalue weighted by atomic mass is 19.4. The predicted molar refractivity (Wildman–Crippen MR) is 100 cm³/mol. The summed E-state index contributed by atoms with van der Waals surface area (Å²) in [6.07, 6.45) is 0.320. The van der Waals surface area contributed by atoms with Gasteiger partial charge in [-0.2, -0.15) is 18.3 Å². The van der Waals surface area contributed by atoms with Gasteiger partial charge in [-0.15, -0.1) is 0 Å². The second-order valence-corrected chi connectivity index (χ2v) is 6.05. The van der Waals surface area contributed by atoms with Crippen molar-refractivity contribution < 1.29 is 17.9 Å². The summed E-state index contributed by atoms with van der Waals surface area (Å²) < 4.78 is 46.9. The van der Waals surface area contributed by atoms with Crippen molar-refractivity contribution in [1.29, 1.82) is 0 Å². The molecule has 1 N–H and O–H groups in total. The Morgan fingerprint density at radius 3 is 2.61 bits per heavy atom. The normalized spacial score (nSPS) is 11.6. The maximum Gasteiger partial charge on any atom is 0.418 e. The van der Waals surface area contributed by atoms with Crippen molar-refractivity contribution in [3.05, 3.63) is 72.7 Å². The maximum atomic E-state index is 13.3. The number of ether oxygens (including phenoxy) is 1. The molecule has 5 nitrogen and oxygen atoms in total. The van der Waals surface area contributed by atoms with Crippen molar-refractivity contribution in [1.82, 2.24) is 14.8 Å². The third-order valence-corrected chi connectivity index (χ3v) is 4.25. The van der Waals surface area contributed by atoms with Crippen molar-refractivity contribution in [2.75, 3.05) is 12.4 Å². The molecule has 2 aromatic heterocycles. The Bertz CT molecular complexity index is 1120. The number of nitrogens with zero attached hydrogens (tertiary/aromatic N) is 3. The van der Waals surface area contributed by atoms with E-state index in [4.69, 9.17) is 4.74 Å². The van der Waals surface area contributed by atoms with E-state index >= 15 is 0 Å². The molecule has 4 rings (SSSR count). The summed E-state index contributed by atoms with van der Waals surface area (Å²) >= 11 is 0. The molecule has 0 spiro atoms. The second kappa shape index (κ2) is 6.88. The number of alkyl halides is 3. The average Bonchev–Trinajstić information content (AvgIpc) is 3.22. The minimum atomic E-state index is -4.48. The van der Waals surface area contributed by atoms with Gasteiger partial charge < -0.3 is 10.1 Å². The molecule has 0 saturated heterocycles. The van der Waals surface area contributed by atoms with E-state index in [0.717, 1.165) is 11.8 Å². The number of hydrogen-bond acceptors (Lipinski definition) is 4. The number of aromatic nitrogens is 3. The number of anilines is 2. The quantitative estimate of drug-likeness (QED) is 0.526. The average molecular weight is 384 g/mol. The van der Waals surface area contributed by atoms with Crippen molar-refractivity contribution in [3.63, 3.8) is 0 Å². The number of pyridine rings is 1. The highest BCUT2D eigenvalue weighted by Crippen LogP contribution is 2.36. The molecule has 0 atom stereocenters. The van der Waals surface area contributed by atoms with Gasteiger partial charge in [0.15, 0.2) is 0 Å². The number of methoxy groups -OCH3 is 1. The molecule has 4 aromatic rings. The summed E-state index contributed by atoms with van der Waals surface area (Å²) in [4.78, 5) is 3.94. The van der Waals surface area contributed by atoms with Gasteiger partial charge in [-0.25, -0.2) is 4.68 Å². The Balaban J connectivity index is 1.80. The van der Waals surface area contributed by atoms with E-state index in [-0.39, 0.29) is 5.52 Å². The van der Waals surface area contributed by atoms with Crippen LogP contribution in [0.25, 0.3) is 16.6 Å². The molecule has 2 heterocycles. The monoisotopic (exact) mass is 384 g/mol. The second-order valence-electron chi connectivity index (χ2n) is 6.05. The molecule has 0 bridgehead atoms. The van der Waals surface area contributed by atoms with Crippen LogP contribution in [0.5, 0.6) is 5.75 Å². The third-order valence-electron chi connectivity index (χ3n) is 4.25. The van der Waals surface area contributed by atoms with Crippen molar-refractivity contribution >= 4 is 22.3 Å². The lowest BCUT2D eigenvalue weighted by atomic mass is 10.1.